The van der Waals surface area contributed by atoms with Crippen LogP contribution in [0.1, 0.15) is 12.5 Å². The molecular weight excluding hydrogens is 390 g/mol. The minimum Gasteiger partial charge on any atom is -0.493 e. The van der Waals surface area contributed by atoms with Gasteiger partial charge in [0.15, 0.2) is 17.5 Å². The largest absolute Gasteiger partial charge is 0.493 e. The number of hydrogen-bond donors (Lipinski definition) is 2. The molecule has 0 fully saturated rings. The number of hydrogen-bond acceptors (Lipinski definition) is 3. The minimum absolute atomic E-state index is 0.0179. The van der Waals surface area contributed by atoms with E-state index in [1.54, 1.807) is 12.1 Å². The van der Waals surface area contributed by atoms with Crippen LogP contribution in [0.3, 0.4) is 0 Å². The zero-order valence-electron chi connectivity index (χ0n) is 17.1. The number of ether oxygens (including phenoxy) is 2. The third kappa shape index (κ3) is 5.04. The fourth-order valence-electron chi connectivity index (χ4n) is 3.29. The van der Waals surface area contributed by atoms with E-state index in [4.69, 9.17) is 4.74 Å². The van der Waals surface area contributed by atoms with Crippen molar-refractivity contribution < 1.29 is 27.9 Å². The number of fused-ring (bicyclic) bond motifs is 1. The molecule has 0 aliphatic rings. The Morgan fingerprint density at radius 1 is 1.07 bits per heavy atom. The van der Waals surface area contributed by atoms with Crippen LogP contribution in [0.5, 0.6) is 11.5 Å². The summed E-state index contributed by atoms with van der Waals surface area (Å²) in [7, 11) is 3.30. The molecule has 158 valence electrons. The van der Waals surface area contributed by atoms with E-state index >= 15 is 0 Å². The molecule has 2 atom stereocenters. The Morgan fingerprint density at radius 2 is 1.80 bits per heavy atom. The Kier molecular flexibility index (Phi) is 6.84. The summed E-state index contributed by atoms with van der Waals surface area (Å²) in [5.74, 6) is 0.109. The van der Waals surface area contributed by atoms with Crippen LogP contribution in [0.15, 0.2) is 60.7 Å². The molecule has 3 rings (SSSR count). The number of quaternary nitrogens is 1. The maximum atomic E-state index is 12.8. The van der Waals surface area contributed by atoms with Crippen molar-refractivity contribution in [3.05, 3.63) is 66.2 Å². The molecule has 7 heteroatoms. The van der Waals surface area contributed by atoms with E-state index in [0.717, 1.165) is 26.9 Å². The van der Waals surface area contributed by atoms with Gasteiger partial charge in [0.1, 0.15) is 6.54 Å². The zero-order valence-corrected chi connectivity index (χ0v) is 17.1. The lowest BCUT2D eigenvalue weighted by Gasteiger charge is -2.22. The maximum Gasteiger partial charge on any atom is 0.387 e. The fraction of sp³-hybridized carbons (Fsp3) is 0.261. The highest BCUT2D eigenvalue weighted by Crippen LogP contribution is 2.29. The lowest BCUT2D eigenvalue weighted by Crippen LogP contribution is -3.12. The van der Waals surface area contributed by atoms with Gasteiger partial charge in [-0.15, -0.1) is 0 Å². The summed E-state index contributed by atoms with van der Waals surface area (Å²) in [6.45, 7) is -0.563. The Balaban J connectivity index is 1.69. The molecule has 0 saturated carbocycles. The van der Waals surface area contributed by atoms with Crippen LogP contribution in [-0.4, -0.2) is 32.7 Å². The quantitative estimate of drug-likeness (QED) is 0.592. The maximum absolute atomic E-state index is 12.8. The highest BCUT2D eigenvalue weighted by molar-refractivity contribution is 6.03. The van der Waals surface area contributed by atoms with Crippen molar-refractivity contribution >= 4 is 22.4 Å². The van der Waals surface area contributed by atoms with Crippen LogP contribution >= 0.6 is 0 Å². The Morgan fingerprint density at radius 3 is 2.53 bits per heavy atom. The molecule has 3 aromatic carbocycles. The first kappa shape index (κ1) is 21.5. The topological polar surface area (TPSA) is 52.0 Å². The lowest BCUT2D eigenvalue weighted by atomic mass is 10.1. The van der Waals surface area contributed by atoms with Gasteiger partial charge >= 0.3 is 6.61 Å². The summed E-state index contributed by atoms with van der Waals surface area (Å²) in [6, 6.07) is 18.1. The van der Waals surface area contributed by atoms with E-state index in [1.807, 2.05) is 56.4 Å². The van der Waals surface area contributed by atoms with Gasteiger partial charge in [0.25, 0.3) is 5.91 Å². The summed E-state index contributed by atoms with van der Waals surface area (Å²) in [5.41, 5.74) is 1.61. The van der Waals surface area contributed by atoms with Gasteiger partial charge in [0, 0.05) is 16.6 Å². The summed E-state index contributed by atoms with van der Waals surface area (Å²) in [5, 5.41) is 5.06. The Hall–Kier alpha value is -3.19. The zero-order chi connectivity index (χ0) is 21.7. The second-order valence-electron chi connectivity index (χ2n) is 7.12. The standard InChI is InChI=1S/C23H24F2N2O3/c1-15(22(28)26-19-10-6-8-17-7-4-5-9-18(17)19)27(2)14-16-11-12-20(30-23(24)25)21(13-16)29-3/h4-13,15,23H,14H2,1-3H3,(H,26,28)/p+1/t15-/m0/s1. The van der Waals surface area contributed by atoms with Gasteiger partial charge in [0.2, 0.25) is 0 Å². The molecule has 0 aromatic heterocycles. The van der Waals surface area contributed by atoms with E-state index in [-0.39, 0.29) is 23.4 Å². The number of benzene rings is 3. The smallest absolute Gasteiger partial charge is 0.387 e. The van der Waals surface area contributed by atoms with Crippen LogP contribution in [0, 0.1) is 0 Å². The average Bonchev–Trinajstić information content (AvgIpc) is 2.74. The van der Waals surface area contributed by atoms with Gasteiger partial charge in [-0.3, -0.25) is 4.79 Å². The van der Waals surface area contributed by atoms with Crippen LogP contribution in [0.4, 0.5) is 14.5 Å². The highest BCUT2D eigenvalue weighted by atomic mass is 19.3. The van der Waals surface area contributed by atoms with E-state index in [1.165, 1.54) is 13.2 Å². The van der Waals surface area contributed by atoms with E-state index in [0.29, 0.717) is 6.54 Å². The fourth-order valence-corrected chi connectivity index (χ4v) is 3.29. The molecule has 0 radical (unpaired) electrons. The Bertz CT molecular complexity index is 1020. The van der Waals surface area contributed by atoms with Crippen molar-refractivity contribution in [1.82, 2.24) is 0 Å². The molecule has 5 nitrogen and oxygen atoms in total. The number of nitrogens with one attached hydrogen (secondary N) is 2. The average molecular weight is 415 g/mol. The molecule has 3 aromatic rings. The third-order valence-corrected chi connectivity index (χ3v) is 5.11. The number of anilines is 1. The predicted molar refractivity (Wildman–Crippen MR) is 112 cm³/mol. The molecule has 0 bridgehead atoms. The molecular formula is C23H25F2N2O3+. The molecule has 2 N–H and O–H groups in total. The van der Waals surface area contributed by atoms with Crippen molar-refractivity contribution in [2.75, 3.05) is 19.5 Å². The van der Waals surface area contributed by atoms with Crippen molar-refractivity contribution in [2.45, 2.75) is 26.1 Å². The van der Waals surface area contributed by atoms with Gasteiger partial charge in [-0.25, -0.2) is 0 Å². The van der Waals surface area contributed by atoms with E-state index < -0.39 is 6.61 Å². The van der Waals surface area contributed by atoms with Crippen LogP contribution in [0.2, 0.25) is 0 Å². The Labute approximate surface area is 174 Å². The minimum atomic E-state index is -2.92. The van der Waals surface area contributed by atoms with Crippen molar-refractivity contribution in [3.8, 4) is 11.5 Å². The first-order valence-electron chi connectivity index (χ1n) is 9.61. The number of halogens is 2. The van der Waals surface area contributed by atoms with Crippen molar-refractivity contribution in [3.63, 3.8) is 0 Å². The van der Waals surface area contributed by atoms with Gasteiger partial charge in [-0.1, -0.05) is 36.4 Å². The lowest BCUT2D eigenvalue weighted by molar-refractivity contribution is -0.907. The number of carbonyl (C=O) groups excluding carboxylic acids is 1. The van der Waals surface area contributed by atoms with Gasteiger partial charge in [-0.05, 0) is 36.6 Å². The molecule has 1 amide bonds. The summed E-state index contributed by atoms with van der Waals surface area (Å²) in [4.78, 5) is 13.8. The number of alkyl halides is 2. The number of carbonyl (C=O) groups is 1. The number of amides is 1. The van der Waals surface area contributed by atoms with Gasteiger partial charge < -0.3 is 19.7 Å². The van der Waals surface area contributed by atoms with Crippen molar-refractivity contribution in [1.29, 1.82) is 0 Å². The molecule has 30 heavy (non-hydrogen) atoms. The van der Waals surface area contributed by atoms with Crippen LogP contribution < -0.4 is 19.7 Å². The molecule has 0 aliphatic heterocycles. The molecule has 1 unspecified atom stereocenters. The number of rotatable bonds is 8. The number of likely N-dealkylation sites (N-methyl/N-ethyl adjacent to an activating group) is 1. The van der Waals surface area contributed by atoms with Gasteiger partial charge in [-0.2, -0.15) is 8.78 Å². The monoisotopic (exact) mass is 415 g/mol. The van der Waals surface area contributed by atoms with Crippen molar-refractivity contribution in [2.24, 2.45) is 0 Å². The van der Waals surface area contributed by atoms with Crippen LogP contribution in [-0.2, 0) is 11.3 Å². The predicted octanol–water partition coefficient (Wildman–Crippen LogP) is 3.49. The first-order chi connectivity index (χ1) is 14.4. The second-order valence-corrected chi connectivity index (χ2v) is 7.12. The molecule has 0 spiro atoms. The normalized spacial score (nSPS) is 13.1. The first-order valence-corrected chi connectivity index (χ1v) is 9.61. The van der Waals surface area contributed by atoms with E-state index in [9.17, 15) is 13.6 Å². The summed E-state index contributed by atoms with van der Waals surface area (Å²) in [6.07, 6.45) is 0. The SMILES string of the molecule is COc1cc(C[NH+](C)[C@@H](C)C(=O)Nc2cccc3ccccc23)ccc1OC(F)F. The molecule has 0 heterocycles. The summed E-state index contributed by atoms with van der Waals surface area (Å²) < 4.78 is 34.6. The second kappa shape index (κ2) is 9.54. The summed E-state index contributed by atoms with van der Waals surface area (Å²) >= 11 is 0. The highest BCUT2D eigenvalue weighted by Gasteiger charge is 2.23. The molecule has 0 saturated heterocycles. The van der Waals surface area contributed by atoms with Gasteiger partial charge in [0.05, 0.1) is 14.2 Å². The van der Waals surface area contributed by atoms with Crippen LogP contribution in [0.25, 0.3) is 10.8 Å². The number of methoxy groups -OCH3 is 1. The third-order valence-electron chi connectivity index (χ3n) is 5.11. The van der Waals surface area contributed by atoms with E-state index in [2.05, 4.69) is 10.1 Å². The molecule has 0 aliphatic carbocycles.